The van der Waals surface area contributed by atoms with E-state index in [-0.39, 0.29) is 12.1 Å². The summed E-state index contributed by atoms with van der Waals surface area (Å²) >= 11 is 0. The highest BCUT2D eigenvalue weighted by molar-refractivity contribution is 5.13. The Balaban J connectivity index is 2.49. The summed E-state index contributed by atoms with van der Waals surface area (Å²) in [6.07, 6.45) is 4.95. The van der Waals surface area contributed by atoms with Gasteiger partial charge in [0.25, 0.3) is 0 Å². The number of hydrogen-bond donors (Lipinski definition) is 0. The lowest BCUT2D eigenvalue weighted by molar-refractivity contribution is -0.396. The summed E-state index contributed by atoms with van der Waals surface area (Å²) in [6.45, 7) is 4.51. The largest absolute Gasteiger partial charge is 0.434 e. The van der Waals surface area contributed by atoms with Gasteiger partial charge in [0.05, 0.1) is 13.2 Å². The number of aromatic nitrogens is 2. The minimum atomic E-state index is -0.496. The highest BCUT2D eigenvalue weighted by Gasteiger charge is 2.17. The molecule has 0 radical (unpaired) electrons. The molecule has 0 fully saturated rings. The molecule has 0 saturated carbocycles. The van der Waals surface area contributed by atoms with Gasteiger partial charge in [-0.05, 0) is 18.3 Å². The van der Waals surface area contributed by atoms with Crippen molar-refractivity contribution < 1.29 is 9.66 Å². The number of ether oxygens (including phenoxy) is 1. The second kappa shape index (κ2) is 6.34. The van der Waals surface area contributed by atoms with Crippen molar-refractivity contribution in [3.63, 3.8) is 0 Å². The van der Waals surface area contributed by atoms with Crippen molar-refractivity contribution in [2.75, 3.05) is 0 Å². The standard InChI is InChI=1S/C11H19N3O3/c1-4-5-6-9(2)17-8-10-7-12-11(13(10)3)14(15)16/h7,9H,4-6,8H2,1-3H3. The Morgan fingerprint density at radius 3 is 2.88 bits per heavy atom. The molecule has 0 aliphatic carbocycles. The van der Waals surface area contributed by atoms with Crippen LogP contribution in [-0.2, 0) is 18.4 Å². The molecule has 0 spiro atoms. The van der Waals surface area contributed by atoms with Crippen LogP contribution in [-0.4, -0.2) is 20.6 Å². The molecule has 0 aromatic carbocycles. The monoisotopic (exact) mass is 241 g/mol. The summed E-state index contributed by atoms with van der Waals surface area (Å²) in [4.78, 5) is 13.8. The van der Waals surface area contributed by atoms with Crippen LogP contribution in [0.3, 0.4) is 0 Å². The van der Waals surface area contributed by atoms with E-state index in [4.69, 9.17) is 4.74 Å². The van der Waals surface area contributed by atoms with E-state index in [9.17, 15) is 10.1 Å². The molecule has 1 atom stereocenters. The summed E-state index contributed by atoms with van der Waals surface area (Å²) in [5.74, 6) is -0.148. The van der Waals surface area contributed by atoms with Crippen molar-refractivity contribution in [1.29, 1.82) is 0 Å². The van der Waals surface area contributed by atoms with Crippen LogP contribution in [0.1, 0.15) is 38.8 Å². The maximum atomic E-state index is 10.6. The molecule has 1 aromatic heterocycles. The normalized spacial score (nSPS) is 12.6. The van der Waals surface area contributed by atoms with Gasteiger partial charge in [0, 0.05) is 0 Å². The molecule has 1 heterocycles. The minimum Gasteiger partial charge on any atom is -0.390 e. The average molecular weight is 241 g/mol. The Kier molecular flexibility index (Phi) is 5.09. The fraction of sp³-hybridized carbons (Fsp3) is 0.727. The van der Waals surface area contributed by atoms with E-state index >= 15 is 0 Å². The number of unbranched alkanes of at least 4 members (excludes halogenated alkanes) is 1. The van der Waals surface area contributed by atoms with Crippen molar-refractivity contribution in [2.24, 2.45) is 7.05 Å². The molecule has 0 bridgehead atoms. The van der Waals surface area contributed by atoms with Crippen LogP contribution in [0.25, 0.3) is 0 Å². The van der Waals surface area contributed by atoms with Crippen molar-refractivity contribution in [3.8, 4) is 0 Å². The number of hydrogen-bond acceptors (Lipinski definition) is 4. The first-order valence-corrected chi connectivity index (χ1v) is 5.82. The van der Waals surface area contributed by atoms with Crippen LogP contribution in [0, 0.1) is 10.1 Å². The highest BCUT2D eigenvalue weighted by Crippen LogP contribution is 2.13. The summed E-state index contributed by atoms with van der Waals surface area (Å²) in [6, 6.07) is 0. The van der Waals surface area contributed by atoms with Gasteiger partial charge in [-0.1, -0.05) is 24.7 Å². The number of rotatable bonds is 7. The maximum Gasteiger partial charge on any atom is 0.434 e. The lowest BCUT2D eigenvalue weighted by atomic mass is 10.2. The first kappa shape index (κ1) is 13.6. The Morgan fingerprint density at radius 2 is 2.35 bits per heavy atom. The van der Waals surface area contributed by atoms with Gasteiger partial charge in [0.15, 0.2) is 0 Å². The van der Waals surface area contributed by atoms with Crippen LogP contribution >= 0.6 is 0 Å². The minimum absolute atomic E-state index is 0.148. The van der Waals surface area contributed by atoms with E-state index < -0.39 is 4.92 Å². The maximum absolute atomic E-state index is 10.6. The summed E-state index contributed by atoms with van der Waals surface area (Å²) < 4.78 is 7.07. The van der Waals surface area contributed by atoms with Crippen LogP contribution in [0.5, 0.6) is 0 Å². The van der Waals surface area contributed by atoms with E-state index in [0.29, 0.717) is 6.61 Å². The highest BCUT2D eigenvalue weighted by atomic mass is 16.6. The van der Waals surface area contributed by atoms with E-state index in [2.05, 4.69) is 11.9 Å². The Bertz CT molecular complexity index is 376. The SMILES string of the molecule is CCCCC(C)OCc1cnc([N+](=O)[O-])n1C. The number of nitrogens with zero attached hydrogens (tertiary/aromatic N) is 3. The zero-order valence-electron chi connectivity index (χ0n) is 10.5. The first-order chi connectivity index (χ1) is 8.06. The zero-order chi connectivity index (χ0) is 12.8. The lowest BCUT2D eigenvalue weighted by Gasteiger charge is -2.11. The van der Waals surface area contributed by atoms with Crippen molar-refractivity contribution in [2.45, 2.75) is 45.8 Å². The van der Waals surface area contributed by atoms with Gasteiger partial charge in [0.1, 0.15) is 18.5 Å². The van der Waals surface area contributed by atoms with E-state index in [0.717, 1.165) is 25.0 Å². The molecule has 0 saturated heterocycles. The molecule has 0 aliphatic rings. The Labute approximate surface area is 101 Å². The predicted molar refractivity (Wildman–Crippen MR) is 63.6 cm³/mol. The quantitative estimate of drug-likeness (QED) is 0.543. The third-order valence-electron chi connectivity index (χ3n) is 2.70. The molecular formula is C11H19N3O3. The number of nitro groups is 1. The molecular weight excluding hydrogens is 222 g/mol. The summed E-state index contributed by atoms with van der Waals surface area (Å²) in [5.41, 5.74) is 0.722. The molecule has 6 nitrogen and oxygen atoms in total. The van der Waals surface area contributed by atoms with Crippen molar-refractivity contribution >= 4 is 5.95 Å². The molecule has 0 amide bonds. The number of imidazole rings is 1. The molecule has 0 aliphatic heterocycles. The predicted octanol–water partition coefficient (Wildman–Crippen LogP) is 2.42. The lowest BCUT2D eigenvalue weighted by Crippen LogP contribution is -2.10. The van der Waals surface area contributed by atoms with E-state index in [1.807, 2.05) is 6.92 Å². The first-order valence-electron chi connectivity index (χ1n) is 5.82. The van der Waals surface area contributed by atoms with Gasteiger partial charge in [-0.15, -0.1) is 0 Å². The topological polar surface area (TPSA) is 70.2 Å². The third kappa shape index (κ3) is 3.81. The van der Waals surface area contributed by atoms with Gasteiger partial charge in [-0.25, -0.2) is 4.57 Å². The van der Waals surface area contributed by atoms with Crippen molar-refractivity contribution in [1.82, 2.24) is 9.55 Å². The van der Waals surface area contributed by atoms with Gasteiger partial charge in [0.2, 0.25) is 0 Å². The molecule has 1 unspecified atom stereocenters. The van der Waals surface area contributed by atoms with Crippen molar-refractivity contribution in [3.05, 3.63) is 22.0 Å². The van der Waals surface area contributed by atoms with Gasteiger partial charge in [-0.2, -0.15) is 0 Å². The average Bonchev–Trinajstić information content (AvgIpc) is 2.65. The summed E-state index contributed by atoms with van der Waals surface area (Å²) in [5, 5.41) is 10.6. The van der Waals surface area contributed by atoms with E-state index in [1.54, 1.807) is 7.05 Å². The van der Waals surface area contributed by atoms with Crippen LogP contribution in [0.15, 0.2) is 6.20 Å². The van der Waals surface area contributed by atoms with Gasteiger partial charge in [-0.3, -0.25) is 0 Å². The zero-order valence-corrected chi connectivity index (χ0v) is 10.5. The summed E-state index contributed by atoms with van der Waals surface area (Å²) in [7, 11) is 1.63. The fourth-order valence-corrected chi connectivity index (χ4v) is 1.54. The second-order valence-electron chi connectivity index (χ2n) is 4.13. The molecule has 1 rings (SSSR count). The van der Waals surface area contributed by atoms with Gasteiger partial charge >= 0.3 is 5.95 Å². The smallest absolute Gasteiger partial charge is 0.390 e. The Hall–Kier alpha value is -1.43. The molecule has 17 heavy (non-hydrogen) atoms. The Morgan fingerprint density at radius 1 is 1.65 bits per heavy atom. The second-order valence-corrected chi connectivity index (χ2v) is 4.13. The van der Waals surface area contributed by atoms with Crippen LogP contribution in [0.2, 0.25) is 0 Å². The van der Waals surface area contributed by atoms with Crippen LogP contribution in [0.4, 0.5) is 5.95 Å². The molecule has 0 N–H and O–H groups in total. The fourth-order valence-electron chi connectivity index (χ4n) is 1.54. The third-order valence-corrected chi connectivity index (χ3v) is 2.70. The van der Waals surface area contributed by atoms with Crippen LogP contribution < -0.4 is 0 Å². The van der Waals surface area contributed by atoms with E-state index in [1.165, 1.54) is 10.8 Å². The molecule has 96 valence electrons. The molecule has 1 aromatic rings. The molecule has 6 heteroatoms. The van der Waals surface area contributed by atoms with Gasteiger partial charge < -0.3 is 14.9 Å².